The van der Waals surface area contributed by atoms with E-state index in [-0.39, 0.29) is 6.61 Å². The van der Waals surface area contributed by atoms with E-state index in [9.17, 15) is 0 Å². The van der Waals surface area contributed by atoms with Gasteiger partial charge in [-0.2, -0.15) is 0 Å². The van der Waals surface area contributed by atoms with Crippen LogP contribution >= 0.6 is 0 Å². The van der Waals surface area contributed by atoms with Gasteiger partial charge in [0, 0.05) is 19.7 Å². The highest BCUT2D eigenvalue weighted by Crippen LogP contribution is 2.16. The van der Waals surface area contributed by atoms with Gasteiger partial charge in [-0.25, -0.2) is 4.98 Å². The van der Waals surface area contributed by atoms with Gasteiger partial charge in [0.15, 0.2) is 0 Å². The molecule has 0 atom stereocenters. The summed E-state index contributed by atoms with van der Waals surface area (Å²) in [6.07, 6.45) is 0.769. The van der Waals surface area contributed by atoms with Gasteiger partial charge in [-0.05, 0) is 25.5 Å². The van der Waals surface area contributed by atoms with Crippen LogP contribution in [0.3, 0.4) is 0 Å². The van der Waals surface area contributed by atoms with E-state index >= 15 is 0 Å². The van der Waals surface area contributed by atoms with Crippen molar-refractivity contribution in [2.75, 3.05) is 24.6 Å². The van der Waals surface area contributed by atoms with Gasteiger partial charge in [-0.15, -0.1) is 0 Å². The summed E-state index contributed by atoms with van der Waals surface area (Å²) in [4.78, 5) is 9.95. The lowest BCUT2D eigenvalue weighted by Gasteiger charge is -2.18. The molecule has 16 heavy (non-hydrogen) atoms. The summed E-state index contributed by atoms with van der Waals surface area (Å²) in [5.41, 5.74) is 2.04. The minimum atomic E-state index is 0.219. The van der Waals surface area contributed by atoms with Gasteiger partial charge in [0.1, 0.15) is 0 Å². The molecule has 2 rings (SSSR count). The normalized spacial score (nSPS) is 10.9. The molecule has 0 aliphatic heterocycles. The fourth-order valence-electron chi connectivity index (χ4n) is 1.76. The summed E-state index contributed by atoms with van der Waals surface area (Å²) in [5, 5.41) is 8.84. The van der Waals surface area contributed by atoms with Gasteiger partial charge in [0.05, 0.1) is 11.0 Å². The molecule has 0 radical (unpaired) electrons. The highest BCUT2D eigenvalue weighted by atomic mass is 16.3. The number of anilines is 1. The Labute approximate surface area is 94.9 Å². The average molecular weight is 219 g/mol. The number of nitrogens with zero attached hydrogens (tertiary/aromatic N) is 2. The van der Waals surface area contributed by atoms with Crippen molar-refractivity contribution in [3.63, 3.8) is 0 Å². The Bertz CT molecular complexity index is 419. The highest BCUT2D eigenvalue weighted by molar-refractivity contribution is 5.77. The Hall–Kier alpha value is -1.55. The Morgan fingerprint density at radius 3 is 2.88 bits per heavy atom. The molecule has 0 unspecified atom stereocenters. The maximum atomic E-state index is 8.84. The fourth-order valence-corrected chi connectivity index (χ4v) is 1.76. The number of H-pyrrole nitrogens is 1. The largest absolute Gasteiger partial charge is 0.396 e. The number of benzene rings is 1. The van der Waals surface area contributed by atoms with Crippen molar-refractivity contribution in [1.82, 2.24) is 9.97 Å². The molecule has 1 aromatic carbocycles. The monoisotopic (exact) mass is 219 g/mol. The molecular formula is C12H17N3O. The predicted octanol–water partition coefficient (Wildman–Crippen LogP) is 1.77. The molecule has 0 aliphatic carbocycles. The summed E-state index contributed by atoms with van der Waals surface area (Å²) in [7, 11) is 0. The molecular weight excluding hydrogens is 202 g/mol. The number of nitrogens with one attached hydrogen (secondary N) is 1. The van der Waals surface area contributed by atoms with Gasteiger partial charge in [-0.3, -0.25) is 0 Å². The van der Waals surface area contributed by atoms with E-state index in [4.69, 9.17) is 5.11 Å². The molecule has 0 fully saturated rings. The maximum absolute atomic E-state index is 8.84. The van der Waals surface area contributed by atoms with E-state index in [1.165, 1.54) is 0 Å². The standard InChI is InChI=1S/C12H17N3O/c1-2-15(8-5-9-16)12-13-10-6-3-4-7-11(10)14-12/h3-4,6-7,16H,2,5,8-9H2,1H3,(H,13,14). The number of rotatable bonds is 5. The lowest BCUT2D eigenvalue weighted by atomic mass is 10.3. The first-order chi connectivity index (χ1) is 7.85. The summed E-state index contributed by atoms with van der Waals surface area (Å²) in [5.74, 6) is 0.886. The van der Waals surface area contributed by atoms with Crippen LogP contribution in [0.25, 0.3) is 11.0 Å². The molecule has 0 aliphatic rings. The van der Waals surface area contributed by atoms with Crippen LogP contribution in [0.4, 0.5) is 5.95 Å². The van der Waals surface area contributed by atoms with Gasteiger partial charge in [0.25, 0.3) is 0 Å². The van der Waals surface area contributed by atoms with Crippen molar-refractivity contribution in [3.8, 4) is 0 Å². The molecule has 0 bridgehead atoms. The number of fused-ring (bicyclic) bond motifs is 1. The third-order valence-electron chi connectivity index (χ3n) is 2.64. The molecule has 1 heterocycles. The van der Waals surface area contributed by atoms with E-state index in [0.717, 1.165) is 36.5 Å². The van der Waals surface area contributed by atoms with E-state index in [0.29, 0.717) is 0 Å². The van der Waals surface area contributed by atoms with Gasteiger partial charge in [0.2, 0.25) is 5.95 Å². The third-order valence-corrected chi connectivity index (χ3v) is 2.64. The van der Waals surface area contributed by atoms with Crippen LogP contribution in [0.1, 0.15) is 13.3 Å². The number of hydrogen-bond acceptors (Lipinski definition) is 3. The Kier molecular flexibility index (Phi) is 3.41. The first-order valence-corrected chi connectivity index (χ1v) is 5.65. The number of aromatic nitrogens is 2. The molecule has 1 aromatic heterocycles. The second-order valence-corrected chi connectivity index (χ2v) is 3.73. The molecule has 4 nitrogen and oxygen atoms in total. The zero-order chi connectivity index (χ0) is 11.4. The van der Waals surface area contributed by atoms with Gasteiger partial charge in [-0.1, -0.05) is 12.1 Å². The summed E-state index contributed by atoms with van der Waals surface area (Å²) in [6.45, 7) is 4.02. The molecule has 0 saturated carbocycles. The number of para-hydroxylation sites is 2. The van der Waals surface area contributed by atoms with Crippen LogP contribution < -0.4 is 4.90 Å². The van der Waals surface area contributed by atoms with E-state index in [1.807, 2.05) is 24.3 Å². The van der Waals surface area contributed by atoms with Crippen molar-refractivity contribution in [2.45, 2.75) is 13.3 Å². The van der Waals surface area contributed by atoms with Crippen LogP contribution in [0, 0.1) is 0 Å². The number of imidazole rings is 1. The van der Waals surface area contributed by atoms with Crippen molar-refractivity contribution in [2.24, 2.45) is 0 Å². The van der Waals surface area contributed by atoms with Crippen LogP contribution in [-0.4, -0.2) is 34.8 Å². The lowest BCUT2D eigenvalue weighted by Crippen LogP contribution is -2.25. The Balaban J connectivity index is 2.23. The minimum absolute atomic E-state index is 0.219. The molecule has 86 valence electrons. The van der Waals surface area contributed by atoms with E-state index in [2.05, 4.69) is 21.8 Å². The number of hydrogen-bond donors (Lipinski definition) is 2. The van der Waals surface area contributed by atoms with Crippen LogP contribution in [0.2, 0.25) is 0 Å². The van der Waals surface area contributed by atoms with Gasteiger partial charge >= 0.3 is 0 Å². The third kappa shape index (κ3) is 2.17. The summed E-state index contributed by atoms with van der Waals surface area (Å²) < 4.78 is 0. The first kappa shape index (κ1) is 11.0. The zero-order valence-electron chi connectivity index (χ0n) is 9.48. The van der Waals surface area contributed by atoms with Crippen molar-refractivity contribution in [3.05, 3.63) is 24.3 Å². The van der Waals surface area contributed by atoms with E-state index in [1.54, 1.807) is 0 Å². The minimum Gasteiger partial charge on any atom is -0.396 e. The molecule has 2 N–H and O–H groups in total. The first-order valence-electron chi connectivity index (χ1n) is 5.65. The highest BCUT2D eigenvalue weighted by Gasteiger charge is 2.08. The van der Waals surface area contributed by atoms with Crippen molar-refractivity contribution in [1.29, 1.82) is 0 Å². The number of aliphatic hydroxyl groups is 1. The predicted molar refractivity (Wildman–Crippen MR) is 65.7 cm³/mol. The van der Waals surface area contributed by atoms with E-state index < -0.39 is 0 Å². The second kappa shape index (κ2) is 4.99. The molecule has 4 heteroatoms. The fraction of sp³-hybridized carbons (Fsp3) is 0.417. The number of aromatic amines is 1. The smallest absolute Gasteiger partial charge is 0.203 e. The zero-order valence-corrected chi connectivity index (χ0v) is 9.48. The Morgan fingerprint density at radius 1 is 1.38 bits per heavy atom. The quantitative estimate of drug-likeness (QED) is 0.805. The van der Waals surface area contributed by atoms with Gasteiger partial charge < -0.3 is 15.0 Å². The van der Waals surface area contributed by atoms with Crippen molar-refractivity contribution >= 4 is 17.0 Å². The Morgan fingerprint density at radius 2 is 2.19 bits per heavy atom. The van der Waals surface area contributed by atoms with Crippen LogP contribution in [0.15, 0.2) is 24.3 Å². The maximum Gasteiger partial charge on any atom is 0.203 e. The topological polar surface area (TPSA) is 52.1 Å². The SMILES string of the molecule is CCN(CCCO)c1nc2ccccc2[nH]1. The average Bonchev–Trinajstić information content (AvgIpc) is 2.73. The summed E-state index contributed by atoms with van der Waals surface area (Å²) in [6, 6.07) is 7.99. The lowest BCUT2D eigenvalue weighted by molar-refractivity contribution is 0.289. The van der Waals surface area contributed by atoms with Crippen LogP contribution in [-0.2, 0) is 0 Å². The summed E-state index contributed by atoms with van der Waals surface area (Å²) >= 11 is 0. The molecule has 0 saturated heterocycles. The molecule has 0 amide bonds. The molecule has 2 aromatic rings. The van der Waals surface area contributed by atoms with Crippen molar-refractivity contribution < 1.29 is 5.11 Å². The number of aliphatic hydroxyl groups excluding tert-OH is 1. The second-order valence-electron chi connectivity index (χ2n) is 3.73. The van der Waals surface area contributed by atoms with Crippen LogP contribution in [0.5, 0.6) is 0 Å². The molecule has 0 spiro atoms.